The van der Waals surface area contributed by atoms with E-state index < -0.39 is 30.0 Å². The quantitative estimate of drug-likeness (QED) is 0.349. The zero-order chi connectivity index (χ0) is 26.1. The summed E-state index contributed by atoms with van der Waals surface area (Å²) in [4.78, 5) is 35.1. The van der Waals surface area contributed by atoms with Gasteiger partial charge in [-0.05, 0) is 29.3 Å². The van der Waals surface area contributed by atoms with Crippen molar-refractivity contribution in [3.63, 3.8) is 0 Å². The van der Waals surface area contributed by atoms with E-state index in [0.717, 1.165) is 11.3 Å². The second-order valence-electron chi connectivity index (χ2n) is 8.14. The summed E-state index contributed by atoms with van der Waals surface area (Å²) in [7, 11) is 1.53. The minimum atomic E-state index is -2.83. The molecular weight excluding hydrogens is 502 g/mol. The summed E-state index contributed by atoms with van der Waals surface area (Å²) in [6.45, 7) is 0. The second-order valence-corrected chi connectivity index (χ2v) is 9.14. The molecule has 2 aromatic heterocycles. The van der Waals surface area contributed by atoms with Crippen LogP contribution in [0.3, 0.4) is 0 Å². The number of para-hydroxylation sites is 1. The van der Waals surface area contributed by atoms with Crippen molar-refractivity contribution in [2.75, 3.05) is 12.4 Å². The summed E-state index contributed by atoms with van der Waals surface area (Å²) in [5.74, 6) is -0.818. The fraction of sp³-hybridized carbons (Fsp3) is 0.154. The maximum Gasteiger partial charge on any atom is 0.280 e. The lowest BCUT2D eigenvalue weighted by Crippen LogP contribution is -2.29. The predicted molar refractivity (Wildman–Crippen MR) is 136 cm³/mol. The molecule has 1 aliphatic rings. The Morgan fingerprint density at radius 3 is 2.57 bits per heavy atom. The van der Waals surface area contributed by atoms with Gasteiger partial charge in [-0.2, -0.15) is 0 Å². The maximum atomic E-state index is 13.6. The number of thiophene rings is 1. The summed E-state index contributed by atoms with van der Waals surface area (Å²) >= 11 is 0.840. The van der Waals surface area contributed by atoms with E-state index in [4.69, 9.17) is 15.3 Å². The van der Waals surface area contributed by atoms with E-state index in [1.807, 2.05) is 12.1 Å². The van der Waals surface area contributed by atoms with Gasteiger partial charge in [0.05, 0.1) is 18.5 Å². The molecule has 0 aliphatic carbocycles. The highest BCUT2D eigenvalue weighted by Crippen LogP contribution is 2.42. The summed E-state index contributed by atoms with van der Waals surface area (Å²) in [6.07, 6.45) is -3.68. The van der Waals surface area contributed by atoms with Gasteiger partial charge in [-0.1, -0.05) is 47.6 Å². The van der Waals surface area contributed by atoms with E-state index in [1.165, 1.54) is 13.2 Å². The molecule has 3 N–H and O–H groups in total. The third-order valence-electron chi connectivity index (χ3n) is 5.84. The predicted octanol–water partition coefficient (Wildman–Crippen LogP) is 5.14. The number of nitrogens with one attached hydrogen (secondary N) is 1. The van der Waals surface area contributed by atoms with Gasteiger partial charge in [0.2, 0.25) is 6.10 Å². The zero-order valence-corrected chi connectivity index (χ0v) is 20.2. The average molecular weight is 523 g/mol. The van der Waals surface area contributed by atoms with Gasteiger partial charge in [0.25, 0.3) is 18.2 Å². The van der Waals surface area contributed by atoms with Gasteiger partial charge in [-0.15, -0.1) is 11.3 Å². The Labute approximate surface area is 213 Å². The molecule has 1 unspecified atom stereocenters. The molecule has 0 saturated carbocycles. The first-order valence-electron chi connectivity index (χ1n) is 11.1. The molecule has 0 fully saturated rings. The highest BCUT2D eigenvalue weighted by Gasteiger charge is 2.32. The SMILES string of the molecule is COc1ccccc1C1=NOC(C(=O)Nc2c(C(N)=O)sc3nc(C(F)F)cc(-c4ccccc4)c23)C1. The third-order valence-corrected chi connectivity index (χ3v) is 6.94. The molecule has 3 heterocycles. The maximum absolute atomic E-state index is 13.6. The van der Waals surface area contributed by atoms with Crippen LogP contribution in [0.15, 0.2) is 65.8 Å². The smallest absolute Gasteiger partial charge is 0.280 e. The van der Waals surface area contributed by atoms with Crippen molar-refractivity contribution in [2.24, 2.45) is 10.9 Å². The number of ether oxygens (including phenoxy) is 1. The summed E-state index contributed by atoms with van der Waals surface area (Å²) < 4.78 is 32.7. The number of alkyl halides is 2. The number of halogens is 2. The van der Waals surface area contributed by atoms with Crippen molar-refractivity contribution >= 4 is 44.8 Å². The summed E-state index contributed by atoms with van der Waals surface area (Å²) in [6, 6.07) is 17.2. The Balaban J connectivity index is 1.53. The molecule has 1 aliphatic heterocycles. The standard InChI is InChI=1S/C26H20F2N4O4S/c1-35-18-10-6-5-9-14(18)16-12-19(36-32-16)25(34)31-21-20-15(13-7-3-2-4-8-13)11-17(23(27)28)30-26(20)37-22(21)24(29)33/h2-11,19,23H,12H2,1H3,(H2,29,33)(H,31,34). The van der Waals surface area contributed by atoms with Crippen LogP contribution in [0.25, 0.3) is 21.3 Å². The first-order chi connectivity index (χ1) is 17.9. The van der Waals surface area contributed by atoms with Crippen molar-refractivity contribution in [1.82, 2.24) is 4.98 Å². The van der Waals surface area contributed by atoms with Gasteiger partial charge < -0.3 is 20.6 Å². The molecule has 37 heavy (non-hydrogen) atoms. The van der Waals surface area contributed by atoms with Crippen LogP contribution in [0.4, 0.5) is 14.5 Å². The molecule has 0 bridgehead atoms. The lowest BCUT2D eigenvalue weighted by atomic mass is 10.0. The minimum Gasteiger partial charge on any atom is -0.496 e. The Kier molecular flexibility index (Phi) is 6.53. The van der Waals surface area contributed by atoms with Gasteiger partial charge in [-0.3, -0.25) is 9.59 Å². The van der Waals surface area contributed by atoms with E-state index in [0.29, 0.717) is 33.5 Å². The number of rotatable bonds is 7. The number of oxime groups is 1. The number of carbonyl (C=O) groups excluding carboxylic acids is 2. The topological polar surface area (TPSA) is 116 Å². The number of hydrogen-bond donors (Lipinski definition) is 2. The number of fused-ring (bicyclic) bond motifs is 1. The van der Waals surface area contributed by atoms with Crippen molar-refractivity contribution in [3.05, 3.63) is 76.8 Å². The van der Waals surface area contributed by atoms with Crippen LogP contribution in [0.1, 0.15) is 33.8 Å². The number of amides is 2. The fourth-order valence-electron chi connectivity index (χ4n) is 4.13. The number of nitrogens with zero attached hydrogens (tertiary/aromatic N) is 2. The van der Waals surface area contributed by atoms with E-state index in [9.17, 15) is 18.4 Å². The van der Waals surface area contributed by atoms with Crippen LogP contribution >= 0.6 is 11.3 Å². The molecule has 2 amide bonds. The van der Waals surface area contributed by atoms with Crippen LogP contribution in [-0.2, 0) is 9.63 Å². The highest BCUT2D eigenvalue weighted by molar-refractivity contribution is 7.21. The summed E-state index contributed by atoms with van der Waals surface area (Å²) in [5, 5.41) is 7.12. The van der Waals surface area contributed by atoms with Crippen molar-refractivity contribution in [2.45, 2.75) is 19.0 Å². The van der Waals surface area contributed by atoms with Crippen LogP contribution in [0.5, 0.6) is 5.75 Å². The number of anilines is 1. The number of aromatic nitrogens is 1. The molecule has 0 saturated heterocycles. The number of hydrogen-bond acceptors (Lipinski definition) is 7. The molecule has 1 atom stereocenters. The number of primary amides is 1. The van der Waals surface area contributed by atoms with E-state index in [-0.39, 0.29) is 21.8 Å². The van der Waals surface area contributed by atoms with Crippen molar-refractivity contribution < 1.29 is 27.9 Å². The minimum absolute atomic E-state index is 0.0108. The molecule has 11 heteroatoms. The van der Waals surface area contributed by atoms with Gasteiger partial charge in [0.15, 0.2) is 0 Å². The highest BCUT2D eigenvalue weighted by atomic mass is 32.1. The van der Waals surface area contributed by atoms with Crippen LogP contribution in [0.2, 0.25) is 0 Å². The Morgan fingerprint density at radius 2 is 1.86 bits per heavy atom. The number of carbonyl (C=O) groups is 2. The van der Waals surface area contributed by atoms with E-state index in [2.05, 4.69) is 15.5 Å². The number of pyridine rings is 1. The van der Waals surface area contributed by atoms with E-state index >= 15 is 0 Å². The van der Waals surface area contributed by atoms with Gasteiger partial charge in [-0.25, -0.2) is 13.8 Å². The monoisotopic (exact) mass is 522 g/mol. The zero-order valence-electron chi connectivity index (χ0n) is 19.4. The summed E-state index contributed by atoms with van der Waals surface area (Å²) in [5.41, 5.74) is 7.46. The van der Waals surface area contributed by atoms with Gasteiger partial charge in [0, 0.05) is 17.4 Å². The molecule has 5 rings (SSSR count). The lowest BCUT2D eigenvalue weighted by molar-refractivity contribution is -0.125. The normalized spacial score (nSPS) is 14.9. The third kappa shape index (κ3) is 4.60. The second kappa shape index (κ2) is 9.94. The molecule has 8 nitrogen and oxygen atoms in total. The molecule has 0 spiro atoms. The Bertz CT molecular complexity index is 1540. The van der Waals surface area contributed by atoms with Crippen molar-refractivity contribution in [1.29, 1.82) is 0 Å². The molecule has 4 aromatic rings. The molecule has 0 radical (unpaired) electrons. The largest absolute Gasteiger partial charge is 0.496 e. The van der Waals surface area contributed by atoms with Crippen LogP contribution < -0.4 is 15.8 Å². The molecule has 188 valence electrons. The van der Waals surface area contributed by atoms with Gasteiger partial charge >= 0.3 is 0 Å². The number of nitrogens with two attached hydrogens (primary N) is 1. The number of methoxy groups -OCH3 is 1. The molecule has 2 aromatic carbocycles. The van der Waals surface area contributed by atoms with Crippen LogP contribution in [0, 0.1) is 0 Å². The first-order valence-corrected chi connectivity index (χ1v) is 12.0. The number of benzene rings is 2. The average Bonchev–Trinajstić information content (AvgIpc) is 3.54. The lowest BCUT2D eigenvalue weighted by Gasteiger charge is -2.13. The fourth-order valence-corrected chi connectivity index (χ4v) is 5.15. The Morgan fingerprint density at radius 1 is 1.14 bits per heavy atom. The Hall–Kier alpha value is -4.38. The van der Waals surface area contributed by atoms with Crippen molar-refractivity contribution in [3.8, 4) is 16.9 Å². The van der Waals surface area contributed by atoms with Gasteiger partial charge in [0.1, 0.15) is 21.2 Å². The molecular formula is C26H20F2N4O4S. The van der Waals surface area contributed by atoms with E-state index in [1.54, 1.807) is 42.5 Å². The van der Waals surface area contributed by atoms with Crippen LogP contribution in [-0.4, -0.2) is 35.7 Å². The first kappa shape index (κ1) is 24.3.